The smallest absolute Gasteiger partial charge is 0.225 e. The molecule has 0 aliphatic carbocycles. The third-order valence-electron chi connectivity index (χ3n) is 3.09. The van der Waals surface area contributed by atoms with Crippen LogP contribution in [0, 0.1) is 0 Å². The van der Waals surface area contributed by atoms with Crippen molar-refractivity contribution in [1.82, 2.24) is 10.3 Å². The molecule has 1 aromatic carbocycles. The molecular weight excluding hydrogens is 248 g/mol. The molecule has 18 heavy (non-hydrogen) atoms. The van der Waals surface area contributed by atoms with Gasteiger partial charge in [0.05, 0.1) is 18.2 Å². The second-order valence-electron chi connectivity index (χ2n) is 4.24. The van der Waals surface area contributed by atoms with Gasteiger partial charge >= 0.3 is 0 Å². The van der Waals surface area contributed by atoms with Crippen molar-refractivity contribution in [2.45, 2.75) is 12.5 Å². The average Bonchev–Trinajstić information content (AvgIpc) is 2.40. The molecule has 1 N–H and O–H groups in total. The van der Waals surface area contributed by atoms with Crippen LogP contribution in [-0.2, 0) is 11.2 Å². The highest BCUT2D eigenvalue weighted by molar-refractivity contribution is 6.31. The van der Waals surface area contributed by atoms with Crippen LogP contribution < -0.4 is 5.32 Å². The first kappa shape index (κ1) is 11.2. The summed E-state index contributed by atoms with van der Waals surface area (Å²) < 4.78 is 0. The average molecular weight is 259 g/mol. The highest BCUT2D eigenvalue weighted by atomic mass is 35.5. The quantitative estimate of drug-likeness (QED) is 0.854. The lowest BCUT2D eigenvalue weighted by atomic mass is 9.92. The Balaban J connectivity index is 2.14. The Labute approximate surface area is 110 Å². The Hall–Kier alpha value is -1.87. The van der Waals surface area contributed by atoms with E-state index in [9.17, 15) is 4.79 Å². The number of benzene rings is 1. The number of carbonyl (C=O) groups excluding carboxylic acids is 1. The van der Waals surface area contributed by atoms with E-state index in [0.29, 0.717) is 11.4 Å². The molecule has 3 nitrogen and oxygen atoms in total. The highest BCUT2D eigenvalue weighted by Crippen LogP contribution is 2.31. The summed E-state index contributed by atoms with van der Waals surface area (Å²) >= 11 is 6.16. The van der Waals surface area contributed by atoms with E-state index in [1.807, 2.05) is 36.4 Å². The number of rotatable bonds is 1. The number of nitrogens with zero attached hydrogens (tertiary/aromatic N) is 1. The number of halogens is 1. The number of nitrogens with one attached hydrogen (secondary N) is 1. The fourth-order valence-electron chi connectivity index (χ4n) is 2.26. The van der Waals surface area contributed by atoms with Gasteiger partial charge in [-0.15, -0.1) is 0 Å². The summed E-state index contributed by atoms with van der Waals surface area (Å²) in [5.74, 6) is -0.0220. The summed E-state index contributed by atoms with van der Waals surface area (Å²) in [6.07, 6.45) is 2.05. The molecule has 0 saturated heterocycles. The molecule has 0 fully saturated rings. The molecule has 0 radical (unpaired) electrons. The fraction of sp³-hybridized carbons (Fsp3) is 0.143. The first-order chi connectivity index (χ1) is 8.75. The van der Waals surface area contributed by atoms with Gasteiger partial charge in [0.2, 0.25) is 5.91 Å². The zero-order chi connectivity index (χ0) is 12.5. The van der Waals surface area contributed by atoms with Crippen molar-refractivity contribution in [3.63, 3.8) is 0 Å². The van der Waals surface area contributed by atoms with E-state index in [1.54, 1.807) is 6.20 Å². The van der Waals surface area contributed by atoms with Gasteiger partial charge in [-0.2, -0.15) is 0 Å². The number of hydrogen-bond acceptors (Lipinski definition) is 2. The molecule has 2 heterocycles. The summed E-state index contributed by atoms with van der Waals surface area (Å²) in [6.45, 7) is 0. The zero-order valence-electron chi connectivity index (χ0n) is 9.56. The molecule has 90 valence electrons. The number of aromatic nitrogens is 1. The monoisotopic (exact) mass is 258 g/mol. The van der Waals surface area contributed by atoms with Crippen molar-refractivity contribution in [2.24, 2.45) is 0 Å². The largest absolute Gasteiger partial charge is 0.343 e. The first-order valence-electron chi connectivity index (χ1n) is 5.73. The molecule has 0 saturated carbocycles. The van der Waals surface area contributed by atoms with Crippen LogP contribution in [0.5, 0.6) is 0 Å². The molecule has 1 atom stereocenters. The van der Waals surface area contributed by atoms with Crippen molar-refractivity contribution in [3.8, 4) is 0 Å². The zero-order valence-corrected chi connectivity index (χ0v) is 10.3. The maximum absolute atomic E-state index is 11.8. The molecule has 3 rings (SSSR count). The predicted molar refractivity (Wildman–Crippen MR) is 69.4 cm³/mol. The minimum absolute atomic E-state index is 0.0220. The third-order valence-corrected chi connectivity index (χ3v) is 3.45. The minimum Gasteiger partial charge on any atom is -0.343 e. The van der Waals surface area contributed by atoms with Crippen LogP contribution in [0.4, 0.5) is 0 Å². The van der Waals surface area contributed by atoms with E-state index in [1.165, 1.54) is 0 Å². The van der Waals surface area contributed by atoms with E-state index < -0.39 is 0 Å². The van der Waals surface area contributed by atoms with E-state index in [2.05, 4.69) is 10.3 Å². The molecule has 2 aromatic rings. The number of fused-ring (bicyclic) bond motifs is 1. The Morgan fingerprint density at radius 1 is 1.22 bits per heavy atom. The van der Waals surface area contributed by atoms with Crippen LogP contribution in [0.15, 0.2) is 42.6 Å². The van der Waals surface area contributed by atoms with E-state index in [4.69, 9.17) is 11.6 Å². The first-order valence-corrected chi connectivity index (χ1v) is 6.11. The van der Waals surface area contributed by atoms with Gasteiger partial charge in [0.15, 0.2) is 0 Å². The van der Waals surface area contributed by atoms with Gasteiger partial charge in [0.1, 0.15) is 0 Å². The Morgan fingerprint density at radius 3 is 2.89 bits per heavy atom. The summed E-state index contributed by atoms with van der Waals surface area (Å²) in [6, 6.07) is 11.2. The van der Waals surface area contributed by atoms with Crippen LogP contribution in [0.3, 0.4) is 0 Å². The second-order valence-corrected chi connectivity index (χ2v) is 4.65. The van der Waals surface area contributed by atoms with Crippen molar-refractivity contribution in [3.05, 3.63) is 64.4 Å². The SMILES string of the molecule is O=C1Cc2c(Cl)cccc2C(c2ccccn2)N1. The lowest BCUT2D eigenvalue weighted by Gasteiger charge is -2.26. The number of carbonyl (C=O) groups is 1. The highest BCUT2D eigenvalue weighted by Gasteiger charge is 2.27. The van der Waals surface area contributed by atoms with E-state index in [0.717, 1.165) is 16.8 Å². The van der Waals surface area contributed by atoms with Gasteiger partial charge in [-0.1, -0.05) is 29.8 Å². The lowest BCUT2D eigenvalue weighted by Crippen LogP contribution is -2.36. The van der Waals surface area contributed by atoms with Crippen LogP contribution >= 0.6 is 11.6 Å². The number of hydrogen-bond donors (Lipinski definition) is 1. The maximum Gasteiger partial charge on any atom is 0.225 e. The Kier molecular flexibility index (Phi) is 2.76. The number of amides is 1. The van der Waals surface area contributed by atoms with Crippen LogP contribution in [0.2, 0.25) is 5.02 Å². The molecular formula is C14H11ClN2O. The van der Waals surface area contributed by atoms with Crippen LogP contribution in [0.1, 0.15) is 22.9 Å². The van der Waals surface area contributed by atoms with E-state index in [-0.39, 0.29) is 11.9 Å². The van der Waals surface area contributed by atoms with Crippen LogP contribution in [-0.4, -0.2) is 10.9 Å². The Bertz CT molecular complexity index is 598. The molecule has 0 spiro atoms. The van der Waals surface area contributed by atoms with Gasteiger partial charge in [-0.25, -0.2) is 0 Å². The van der Waals surface area contributed by atoms with Gasteiger partial charge in [-0.3, -0.25) is 9.78 Å². The maximum atomic E-state index is 11.8. The van der Waals surface area contributed by atoms with Gasteiger partial charge in [-0.05, 0) is 29.3 Å². The van der Waals surface area contributed by atoms with Crippen molar-refractivity contribution in [1.29, 1.82) is 0 Å². The van der Waals surface area contributed by atoms with Gasteiger partial charge in [0, 0.05) is 11.2 Å². The van der Waals surface area contributed by atoms with Gasteiger partial charge in [0.25, 0.3) is 0 Å². The van der Waals surface area contributed by atoms with Crippen molar-refractivity contribution in [2.75, 3.05) is 0 Å². The Morgan fingerprint density at radius 2 is 2.11 bits per heavy atom. The van der Waals surface area contributed by atoms with Gasteiger partial charge < -0.3 is 5.32 Å². The van der Waals surface area contributed by atoms with Crippen LogP contribution in [0.25, 0.3) is 0 Å². The summed E-state index contributed by atoms with van der Waals surface area (Å²) in [5, 5.41) is 3.60. The summed E-state index contributed by atoms with van der Waals surface area (Å²) in [7, 11) is 0. The molecule has 4 heteroatoms. The molecule has 1 aliphatic heterocycles. The lowest BCUT2D eigenvalue weighted by molar-refractivity contribution is -0.121. The summed E-state index contributed by atoms with van der Waals surface area (Å²) in [5.41, 5.74) is 2.76. The third kappa shape index (κ3) is 1.87. The molecule has 1 amide bonds. The molecule has 1 aromatic heterocycles. The molecule has 0 bridgehead atoms. The van der Waals surface area contributed by atoms with Crippen molar-refractivity contribution >= 4 is 17.5 Å². The minimum atomic E-state index is -0.207. The second kappa shape index (κ2) is 4.42. The predicted octanol–water partition coefficient (Wildman–Crippen LogP) is 2.50. The topological polar surface area (TPSA) is 42.0 Å². The normalized spacial score (nSPS) is 18.1. The fourth-order valence-corrected chi connectivity index (χ4v) is 2.51. The molecule has 1 aliphatic rings. The molecule has 1 unspecified atom stereocenters. The standard InChI is InChI=1S/C14H11ClN2O/c15-11-5-3-4-9-10(11)8-13(18)17-14(9)12-6-1-2-7-16-12/h1-7,14H,8H2,(H,17,18). The van der Waals surface area contributed by atoms with Crippen molar-refractivity contribution < 1.29 is 4.79 Å². The summed E-state index contributed by atoms with van der Waals surface area (Å²) in [4.78, 5) is 16.1. The van der Waals surface area contributed by atoms with E-state index >= 15 is 0 Å². The number of pyridine rings is 1.